The molecule has 0 atom stereocenters. The lowest BCUT2D eigenvalue weighted by Gasteiger charge is -2.25. The van der Waals surface area contributed by atoms with Crippen molar-refractivity contribution in [1.82, 2.24) is 4.90 Å². The molecule has 0 unspecified atom stereocenters. The molecule has 1 saturated heterocycles. The van der Waals surface area contributed by atoms with Crippen molar-refractivity contribution >= 4 is 18.0 Å². The van der Waals surface area contributed by atoms with E-state index in [2.05, 4.69) is 4.18 Å². The Morgan fingerprint density at radius 2 is 1.75 bits per heavy atom. The molecule has 1 aliphatic heterocycles. The van der Waals surface area contributed by atoms with Gasteiger partial charge in [0.1, 0.15) is 0 Å². The van der Waals surface area contributed by atoms with Gasteiger partial charge in [-0.15, -0.1) is 0 Å². The molecule has 16 heavy (non-hydrogen) atoms. The van der Waals surface area contributed by atoms with Crippen LogP contribution in [0.25, 0.3) is 0 Å². The molecule has 0 aliphatic carbocycles. The molecule has 0 aromatic heterocycles. The minimum absolute atomic E-state index is 0.157. The van der Waals surface area contributed by atoms with Gasteiger partial charge in [0, 0.05) is 19.6 Å². The number of hydrogen-bond acceptors (Lipinski definition) is 7. The van der Waals surface area contributed by atoms with E-state index in [9.17, 15) is 16.8 Å². The number of nitrogens with zero attached hydrogens (tertiary/aromatic N) is 1. The highest BCUT2D eigenvalue weighted by Crippen LogP contribution is 2.03. The molecule has 96 valence electrons. The van der Waals surface area contributed by atoms with Gasteiger partial charge in [0.15, 0.2) is 0 Å². The topological polar surface area (TPSA) is 90.0 Å². The van der Waals surface area contributed by atoms with Gasteiger partial charge in [0.25, 0.3) is 8.87 Å². The molecule has 0 aromatic rings. The zero-order chi connectivity index (χ0) is 12.2. The van der Waals surface area contributed by atoms with Gasteiger partial charge in [-0.2, -0.15) is 8.42 Å². The molecular weight excluding hydrogens is 258 g/mol. The largest absolute Gasteiger partial charge is 0.379 e. The molecule has 0 amide bonds. The van der Waals surface area contributed by atoms with Crippen molar-refractivity contribution in [3.63, 3.8) is 0 Å². The van der Waals surface area contributed by atoms with E-state index in [-0.39, 0.29) is 6.61 Å². The second-order valence-corrected chi connectivity index (χ2v) is 8.89. The maximum absolute atomic E-state index is 11.0. The fourth-order valence-corrected chi connectivity index (χ4v) is 2.36. The van der Waals surface area contributed by atoms with E-state index in [1.807, 2.05) is 4.90 Å². The summed E-state index contributed by atoms with van der Waals surface area (Å²) in [5, 5.41) is 0. The normalized spacial score (nSPS) is 19.8. The van der Waals surface area contributed by atoms with Crippen molar-refractivity contribution < 1.29 is 25.8 Å². The summed E-state index contributed by atoms with van der Waals surface area (Å²) in [7, 11) is -8.68. The summed E-state index contributed by atoms with van der Waals surface area (Å²) in [5.74, 6) is 0. The minimum Gasteiger partial charge on any atom is -0.379 e. The van der Waals surface area contributed by atoms with Gasteiger partial charge in [-0.1, -0.05) is 0 Å². The number of rotatable bonds is 5. The summed E-state index contributed by atoms with van der Waals surface area (Å²) in [6.45, 7) is 2.80. The fraction of sp³-hybridized carbons (Fsp3) is 1.00. The summed E-state index contributed by atoms with van der Waals surface area (Å²) in [6.07, 6.45) is 0.608. The van der Waals surface area contributed by atoms with Crippen LogP contribution in [0.1, 0.15) is 0 Å². The third-order valence-electron chi connectivity index (χ3n) is 2.11. The number of hydrogen-bond donors (Lipinski definition) is 0. The average Bonchev–Trinajstić information content (AvgIpc) is 2.17. The highest BCUT2D eigenvalue weighted by molar-refractivity contribution is 8.65. The molecule has 0 radical (unpaired) electrons. The van der Waals surface area contributed by atoms with E-state index in [1.54, 1.807) is 0 Å². The first-order chi connectivity index (χ1) is 7.33. The predicted molar refractivity (Wildman–Crippen MR) is 57.0 cm³/mol. The maximum atomic E-state index is 11.0. The Bertz CT molecular complexity index is 408. The number of ether oxygens (including phenoxy) is 1. The van der Waals surface area contributed by atoms with Crippen molar-refractivity contribution in [2.24, 2.45) is 0 Å². The van der Waals surface area contributed by atoms with E-state index < -0.39 is 18.0 Å². The van der Waals surface area contributed by atoms with Crippen LogP contribution in [-0.2, 0) is 26.9 Å². The van der Waals surface area contributed by atoms with E-state index in [0.29, 0.717) is 39.1 Å². The third kappa shape index (κ3) is 3.98. The summed E-state index contributed by atoms with van der Waals surface area (Å²) in [4.78, 5) is 1.95. The molecule has 1 aliphatic rings. The van der Waals surface area contributed by atoms with Crippen LogP contribution in [-0.4, -0.2) is 67.4 Å². The van der Waals surface area contributed by atoms with Crippen molar-refractivity contribution in [3.05, 3.63) is 0 Å². The van der Waals surface area contributed by atoms with Crippen LogP contribution in [0.4, 0.5) is 0 Å². The lowest BCUT2D eigenvalue weighted by Crippen LogP contribution is -2.38. The monoisotopic (exact) mass is 273 g/mol. The Morgan fingerprint density at radius 3 is 2.25 bits per heavy atom. The van der Waals surface area contributed by atoms with Crippen LogP contribution in [0.5, 0.6) is 0 Å². The lowest BCUT2D eigenvalue weighted by atomic mass is 10.4. The quantitative estimate of drug-likeness (QED) is 0.570. The zero-order valence-corrected chi connectivity index (χ0v) is 10.6. The van der Waals surface area contributed by atoms with E-state index in [0.717, 1.165) is 0 Å². The Kier molecular flexibility index (Phi) is 4.68. The van der Waals surface area contributed by atoms with Crippen molar-refractivity contribution in [3.8, 4) is 0 Å². The zero-order valence-electron chi connectivity index (χ0n) is 8.96. The minimum atomic E-state index is -4.48. The van der Waals surface area contributed by atoms with Crippen LogP contribution in [0.15, 0.2) is 0 Å². The van der Waals surface area contributed by atoms with E-state index in [4.69, 9.17) is 4.74 Å². The second-order valence-electron chi connectivity index (χ2n) is 3.39. The molecule has 7 nitrogen and oxygen atoms in total. The second kappa shape index (κ2) is 5.41. The molecule has 0 N–H and O–H groups in total. The molecule has 0 aromatic carbocycles. The van der Waals surface area contributed by atoms with Crippen LogP contribution in [0.3, 0.4) is 0 Å². The van der Waals surface area contributed by atoms with Gasteiger partial charge >= 0.3 is 9.15 Å². The van der Waals surface area contributed by atoms with Gasteiger partial charge in [-0.3, -0.25) is 9.08 Å². The first-order valence-corrected chi connectivity index (χ1v) is 8.54. The van der Waals surface area contributed by atoms with Gasteiger partial charge in [-0.25, -0.2) is 8.42 Å². The Labute approximate surface area is 94.8 Å². The fourth-order valence-electron chi connectivity index (χ4n) is 1.18. The smallest absolute Gasteiger partial charge is 0.374 e. The first kappa shape index (κ1) is 13.8. The van der Waals surface area contributed by atoms with E-state index >= 15 is 0 Å². The third-order valence-corrected chi connectivity index (χ3v) is 5.82. The molecular formula is C7H15NO6S2. The average molecular weight is 273 g/mol. The van der Waals surface area contributed by atoms with Crippen molar-refractivity contribution in [1.29, 1.82) is 0 Å². The molecule has 0 saturated carbocycles. The summed E-state index contributed by atoms with van der Waals surface area (Å²) in [5.41, 5.74) is 0. The summed E-state index contributed by atoms with van der Waals surface area (Å²) < 4.78 is 53.2. The predicted octanol–water partition coefficient (Wildman–Crippen LogP) is -1.38. The Hall–Kier alpha value is -0.220. The van der Waals surface area contributed by atoms with Crippen molar-refractivity contribution in [2.75, 3.05) is 45.7 Å². The van der Waals surface area contributed by atoms with Gasteiger partial charge < -0.3 is 4.74 Å². The Balaban J connectivity index is 2.35. The number of morpholine rings is 1. The SMILES string of the molecule is CS(=O)(=O)S(=O)(=O)OCCN1CCOCC1. The van der Waals surface area contributed by atoms with Crippen LogP contribution in [0, 0.1) is 0 Å². The highest BCUT2D eigenvalue weighted by atomic mass is 33.2. The molecule has 0 spiro atoms. The van der Waals surface area contributed by atoms with E-state index in [1.165, 1.54) is 0 Å². The van der Waals surface area contributed by atoms with Crippen LogP contribution in [0.2, 0.25) is 0 Å². The van der Waals surface area contributed by atoms with Gasteiger partial charge in [0.05, 0.1) is 26.1 Å². The first-order valence-electron chi connectivity index (χ1n) is 4.72. The standard InChI is InChI=1S/C7H15NO6S2/c1-15(9,10)16(11,12)14-7-4-8-2-5-13-6-3-8/h2-7H2,1H3. The lowest BCUT2D eigenvalue weighted by molar-refractivity contribution is 0.0328. The molecule has 9 heteroatoms. The van der Waals surface area contributed by atoms with Gasteiger partial charge in [0.2, 0.25) is 0 Å². The Morgan fingerprint density at radius 1 is 1.19 bits per heavy atom. The maximum Gasteiger partial charge on any atom is 0.374 e. The summed E-state index contributed by atoms with van der Waals surface area (Å²) in [6, 6.07) is 0. The van der Waals surface area contributed by atoms with Crippen LogP contribution >= 0.6 is 0 Å². The van der Waals surface area contributed by atoms with Crippen molar-refractivity contribution in [2.45, 2.75) is 0 Å². The molecule has 1 fully saturated rings. The van der Waals surface area contributed by atoms with Crippen LogP contribution < -0.4 is 0 Å². The van der Waals surface area contributed by atoms with Gasteiger partial charge in [-0.05, 0) is 0 Å². The highest BCUT2D eigenvalue weighted by Gasteiger charge is 2.25. The molecule has 1 heterocycles. The summed E-state index contributed by atoms with van der Waals surface area (Å²) >= 11 is 0. The molecule has 1 rings (SSSR count). The molecule has 0 bridgehead atoms.